The van der Waals surface area contributed by atoms with Crippen molar-refractivity contribution in [2.75, 3.05) is 19.6 Å². The maximum atomic E-state index is 13.1. The first-order chi connectivity index (χ1) is 12.0. The fraction of sp³-hybridized carbons (Fsp3) is 0.471. The Labute approximate surface area is 145 Å². The first-order valence-corrected chi connectivity index (χ1v) is 8.29. The molecule has 3 amide bonds. The van der Waals surface area contributed by atoms with Gasteiger partial charge in [0.25, 0.3) is 0 Å². The number of hydrogen-bond donors (Lipinski definition) is 2. The average molecular weight is 347 g/mol. The van der Waals surface area contributed by atoms with Crippen LogP contribution in [-0.2, 0) is 11.3 Å². The van der Waals surface area contributed by atoms with E-state index in [-0.39, 0.29) is 31.6 Å². The summed E-state index contributed by atoms with van der Waals surface area (Å²) in [6, 6.07) is 8.62. The molecule has 0 bridgehead atoms. The van der Waals surface area contributed by atoms with E-state index in [1.165, 1.54) is 0 Å². The Hall–Kier alpha value is -2.77. The van der Waals surface area contributed by atoms with Crippen LogP contribution in [0.1, 0.15) is 18.4 Å². The van der Waals surface area contributed by atoms with E-state index in [4.69, 9.17) is 0 Å². The number of carbonyl (C=O) groups excluding carboxylic acids is 1. The number of rotatable bonds is 4. The molecule has 1 aromatic rings. The maximum absolute atomic E-state index is 13.1. The van der Waals surface area contributed by atoms with Crippen LogP contribution in [0.4, 0.5) is 9.59 Å². The smallest absolute Gasteiger partial charge is 0.408 e. The number of carbonyl (C=O) groups is 3. The molecule has 1 saturated heterocycles. The average Bonchev–Trinajstić information content (AvgIpc) is 3.44. The fourth-order valence-corrected chi connectivity index (χ4v) is 3.14. The van der Waals surface area contributed by atoms with Crippen molar-refractivity contribution in [3.05, 3.63) is 35.9 Å². The molecular weight excluding hydrogens is 326 g/mol. The quantitative estimate of drug-likeness (QED) is 0.860. The molecule has 1 saturated carbocycles. The number of benzene rings is 1. The lowest BCUT2D eigenvalue weighted by molar-refractivity contribution is -0.139. The molecule has 1 aromatic carbocycles. The maximum Gasteiger partial charge on any atom is 0.408 e. The van der Waals surface area contributed by atoms with Crippen molar-refractivity contribution in [3.63, 3.8) is 0 Å². The standard InChI is InChI=1S/C17H21N3O5/c21-15(14-11-18(16(22)23)8-9-19(14)17(24)25)20(13-6-7-13)10-12-4-2-1-3-5-12/h1-5,13-14H,6-11H2,(H,22,23)(H,24,25). The van der Waals surface area contributed by atoms with Gasteiger partial charge in [-0.25, -0.2) is 9.59 Å². The van der Waals surface area contributed by atoms with Crippen molar-refractivity contribution in [3.8, 4) is 0 Å². The van der Waals surface area contributed by atoms with Crippen molar-refractivity contribution in [1.82, 2.24) is 14.7 Å². The Morgan fingerprint density at radius 2 is 1.72 bits per heavy atom. The van der Waals surface area contributed by atoms with Gasteiger partial charge in [0, 0.05) is 25.7 Å². The van der Waals surface area contributed by atoms with Gasteiger partial charge in [-0.3, -0.25) is 9.69 Å². The number of nitrogens with zero attached hydrogens (tertiary/aromatic N) is 3. The summed E-state index contributed by atoms with van der Waals surface area (Å²) in [6.45, 7) is 0.356. The predicted molar refractivity (Wildman–Crippen MR) is 88.1 cm³/mol. The normalized spacial score (nSPS) is 20.2. The van der Waals surface area contributed by atoms with Gasteiger partial charge in [-0.1, -0.05) is 30.3 Å². The molecule has 1 aliphatic carbocycles. The molecule has 8 nitrogen and oxygen atoms in total. The third-order valence-electron chi connectivity index (χ3n) is 4.65. The zero-order valence-corrected chi connectivity index (χ0v) is 13.7. The fourth-order valence-electron chi connectivity index (χ4n) is 3.14. The van der Waals surface area contributed by atoms with E-state index in [0.717, 1.165) is 28.2 Å². The van der Waals surface area contributed by atoms with Gasteiger partial charge in [0.05, 0.1) is 6.54 Å². The number of amides is 3. The summed E-state index contributed by atoms with van der Waals surface area (Å²) < 4.78 is 0. The third-order valence-corrected chi connectivity index (χ3v) is 4.65. The third kappa shape index (κ3) is 3.84. The van der Waals surface area contributed by atoms with Crippen LogP contribution in [0.3, 0.4) is 0 Å². The molecule has 2 N–H and O–H groups in total. The monoisotopic (exact) mass is 347 g/mol. The lowest BCUT2D eigenvalue weighted by Gasteiger charge is -2.40. The summed E-state index contributed by atoms with van der Waals surface area (Å²) in [5.41, 5.74) is 0.968. The van der Waals surface area contributed by atoms with Crippen LogP contribution < -0.4 is 0 Å². The second kappa shape index (κ2) is 7.00. The Kier molecular flexibility index (Phi) is 4.78. The minimum Gasteiger partial charge on any atom is -0.465 e. The van der Waals surface area contributed by atoms with Crippen molar-refractivity contribution in [1.29, 1.82) is 0 Å². The SMILES string of the molecule is O=C(O)N1CCN(C(=O)O)C(C(=O)N(Cc2ccccc2)C2CC2)C1. The van der Waals surface area contributed by atoms with Gasteiger partial charge in [0.15, 0.2) is 0 Å². The van der Waals surface area contributed by atoms with Gasteiger partial charge in [-0.15, -0.1) is 0 Å². The van der Waals surface area contributed by atoms with Crippen LogP contribution in [0.25, 0.3) is 0 Å². The van der Waals surface area contributed by atoms with Gasteiger partial charge >= 0.3 is 12.2 Å². The van der Waals surface area contributed by atoms with Gasteiger partial charge in [-0.05, 0) is 18.4 Å². The topological polar surface area (TPSA) is 101 Å². The lowest BCUT2D eigenvalue weighted by Crippen LogP contribution is -2.61. The van der Waals surface area contributed by atoms with Crippen molar-refractivity contribution < 1.29 is 24.6 Å². The minimum absolute atomic E-state index is 0.00187. The van der Waals surface area contributed by atoms with E-state index in [2.05, 4.69) is 0 Å². The van der Waals surface area contributed by atoms with Crippen molar-refractivity contribution in [2.24, 2.45) is 0 Å². The summed E-state index contributed by atoms with van der Waals surface area (Å²) in [7, 11) is 0. The molecule has 2 fully saturated rings. The van der Waals surface area contributed by atoms with E-state index in [1.54, 1.807) is 4.90 Å². The molecule has 1 heterocycles. The molecular formula is C17H21N3O5. The highest BCUT2D eigenvalue weighted by molar-refractivity contribution is 5.87. The van der Waals surface area contributed by atoms with Crippen LogP contribution in [0.5, 0.6) is 0 Å². The summed E-state index contributed by atoms with van der Waals surface area (Å²) >= 11 is 0. The lowest BCUT2D eigenvalue weighted by atomic mass is 10.1. The van der Waals surface area contributed by atoms with Gasteiger partial charge in [0.1, 0.15) is 6.04 Å². The molecule has 0 spiro atoms. The Morgan fingerprint density at radius 1 is 1.04 bits per heavy atom. The summed E-state index contributed by atoms with van der Waals surface area (Å²) in [5, 5.41) is 18.6. The predicted octanol–water partition coefficient (Wildman–Crippen LogP) is 1.52. The molecule has 2 aliphatic rings. The molecule has 3 rings (SSSR count). The first-order valence-electron chi connectivity index (χ1n) is 8.29. The number of hydrogen-bond acceptors (Lipinski definition) is 3. The molecule has 8 heteroatoms. The molecule has 1 aliphatic heterocycles. The first kappa shape index (κ1) is 17.1. The zero-order chi connectivity index (χ0) is 18.0. The Morgan fingerprint density at radius 3 is 2.28 bits per heavy atom. The van der Waals surface area contributed by atoms with Crippen LogP contribution in [-0.4, -0.2) is 74.7 Å². The van der Waals surface area contributed by atoms with Crippen molar-refractivity contribution in [2.45, 2.75) is 31.5 Å². The van der Waals surface area contributed by atoms with Crippen LogP contribution in [0.2, 0.25) is 0 Å². The van der Waals surface area contributed by atoms with Crippen LogP contribution in [0, 0.1) is 0 Å². The van der Waals surface area contributed by atoms with E-state index >= 15 is 0 Å². The molecule has 25 heavy (non-hydrogen) atoms. The van der Waals surface area contributed by atoms with Gasteiger partial charge in [0.2, 0.25) is 5.91 Å². The van der Waals surface area contributed by atoms with Crippen molar-refractivity contribution >= 4 is 18.1 Å². The van der Waals surface area contributed by atoms with Crippen LogP contribution in [0.15, 0.2) is 30.3 Å². The molecule has 1 atom stereocenters. The molecule has 0 aromatic heterocycles. The number of carboxylic acid groups (broad SMARTS) is 2. The van der Waals surface area contributed by atoms with E-state index < -0.39 is 18.2 Å². The summed E-state index contributed by atoms with van der Waals surface area (Å²) in [6.07, 6.45) is -0.551. The highest BCUT2D eigenvalue weighted by atomic mass is 16.4. The minimum atomic E-state index is -1.20. The largest absolute Gasteiger partial charge is 0.465 e. The molecule has 0 radical (unpaired) electrons. The van der Waals surface area contributed by atoms with Gasteiger partial charge < -0.3 is 20.0 Å². The Balaban J connectivity index is 1.80. The summed E-state index contributed by atoms with van der Waals surface area (Å²) in [5.74, 6) is -0.320. The second-order valence-electron chi connectivity index (χ2n) is 6.40. The van der Waals surface area contributed by atoms with Crippen LogP contribution >= 0.6 is 0 Å². The highest BCUT2D eigenvalue weighted by Gasteiger charge is 2.42. The van der Waals surface area contributed by atoms with E-state index in [1.807, 2.05) is 30.3 Å². The molecule has 1 unspecified atom stereocenters. The van der Waals surface area contributed by atoms with E-state index in [9.17, 15) is 24.6 Å². The second-order valence-corrected chi connectivity index (χ2v) is 6.40. The van der Waals surface area contributed by atoms with E-state index in [0.29, 0.717) is 6.54 Å². The number of piperazine rings is 1. The highest BCUT2D eigenvalue weighted by Crippen LogP contribution is 2.30. The van der Waals surface area contributed by atoms with Gasteiger partial charge in [-0.2, -0.15) is 0 Å². The zero-order valence-electron chi connectivity index (χ0n) is 13.7. The Bertz CT molecular complexity index is 662. The summed E-state index contributed by atoms with van der Waals surface area (Å²) in [4.78, 5) is 39.7. The molecule has 134 valence electrons.